The number of urea groups is 1. The molecule has 1 aromatic carbocycles. The van der Waals surface area contributed by atoms with Gasteiger partial charge in [-0.25, -0.2) is 14.8 Å². The molecule has 1 aliphatic rings. The Morgan fingerprint density at radius 1 is 1.23 bits per heavy atom. The number of anilines is 1. The second-order valence-electron chi connectivity index (χ2n) is 8.19. The SMILES string of the molecule is Cc1nc(NC(=O)NCCc2cn(C(C)C)cn2)sc1-c1ccc(C(=O)C2CC2)cc1. The van der Waals surface area contributed by atoms with Crippen molar-refractivity contribution in [2.75, 3.05) is 11.9 Å². The average Bonchev–Trinajstić information content (AvgIpc) is 3.38. The number of rotatable bonds is 8. The molecule has 0 saturated heterocycles. The smallest absolute Gasteiger partial charge is 0.321 e. The van der Waals surface area contributed by atoms with Gasteiger partial charge in [-0.2, -0.15) is 0 Å². The first-order valence-corrected chi connectivity index (χ1v) is 11.4. The number of nitrogens with one attached hydrogen (secondary N) is 2. The van der Waals surface area contributed by atoms with Gasteiger partial charge in [0.1, 0.15) is 0 Å². The van der Waals surface area contributed by atoms with Crippen molar-refractivity contribution in [2.45, 2.75) is 46.1 Å². The fourth-order valence-electron chi connectivity index (χ4n) is 3.32. The monoisotopic (exact) mass is 437 g/mol. The van der Waals surface area contributed by atoms with Gasteiger partial charge in [0, 0.05) is 36.7 Å². The lowest BCUT2D eigenvalue weighted by atomic mass is 10.0. The van der Waals surface area contributed by atoms with E-state index in [1.807, 2.05) is 48.3 Å². The van der Waals surface area contributed by atoms with E-state index in [2.05, 4.69) is 34.4 Å². The number of aromatic nitrogens is 3. The minimum Gasteiger partial charge on any atom is -0.337 e. The van der Waals surface area contributed by atoms with Crippen LogP contribution in [0, 0.1) is 12.8 Å². The number of amides is 2. The first-order valence-electron chi connectivity index (χ1n) is 10.6. The van der Waals surface area contributed by atoms with Crippen LogP contribution in [0.5, 0.6) is 0 Å². The summed E-state index contributed by atoms with van der Waals surface area (Å²) < 4.78 is 2.05. The van der Waals surface area contributed by atoms with Crippen molar-refractivity contribution in [1.82, 2.24) is 19.9 Å². The Labute approximate surface area is 185 Å². The summed E-state index contributed by atoms with van der Waals surface area (Å²) in [4.78, 5) is 34.2. The van der Waals surface area contributed by atoms with Crippen molar-refractivity contribution in [1.29, 1.82) is 0 Å². The zero-order chi connectivity index (χ0) is 22.0. The molecule has 4 rings (SSSR count). The van der Waals surface area contributed by atoms with E-state index in [-0.39, 0.29) is 17.7 Å². The summed E-state index contributed by atoms with van der Waals surface area (Å²) in [5.74, 6) is 0.457. The van der Waals surface area contributed by atoms with Crippen molar-refractivity contribution in [3.63, 3.8) is 0 Å². The maximum atomic E-state index is 12.2. The number of ketones is 1. The zero-order valence-electron chi connectivity index (χ0n) is 18.0. The highest BCUT2D eigenvalue weighted by molar-refractivity contribution is 7.19. The van der Waals surface area contributed by atoms with E-state index in [0.717, 1.165) is 40.2 Å². The predicted molar refractivity (Wildman–Crippen MR) is 123 cm³/mol. The molecule has 1 fully saturated rings. The largest absolute Gasteiger partial charge is 0.337 e. The lowest BCUT2D eigenvalue weighted by Crippen LogP contribution is -2.30. The van der Waals surface area contributed by atoms with Crippen LogP contribution in [-0.4, -0.2) is 32.9 Å². The molecule has 2 aromatic heterocycles. The molecule has 162 valence electrons. The maximum absolute atomic E-state index is 12.2. The number of nitrogens with zero attached hydrogens (tertiary/aromatic N) is 3. The van der Waals surface area contributed by atoms with Gasteiger partial charge in [-0.3, -0.25) is 10.1 Å². The highest BCUT2D eigenvalue weighted by atomic mass is 32.1. The van der Waals surface area contributed by atoms with Crippen LogP contribution in [0.2, 0.25) is 0 Å². The third-order valence-corrected chi connectivity index (χ3v) is 6.44. The molecule has 0 spiro atoms. The molecular weight excluding hydrogens is 410 g/mol. The number of aryl methyl sites for hydroxylation is 1. The number of hydrogen-bond donors (Lipinski definition) is 2. The van der Waals surface area contributed by atoms with E-state index in [1.54, 1.807) is 0 Å². The summed E-state index contributed by atoms with van der Waals surface area (Å²) >= 11 is 1.43. The van der Waals surface area contributed by atoms with E-state index in [1.165, 1.54) is 11.3 Å². The van der Waals surface area contributed by atoms with Crippen LogP contribution in [0.15, 0.2) is 36.8 Å². The number of imidazole rings is 1. The number of carbonyl (C=O) groups is 2. The Bertz CT molecular complexity index is 1080. The molecule has 2 heterocycles. The Balaban J connectivity index is 1.31. The predicted octanol–water partition coefficient (Wildman–Crippen LogP) is 4.85. The quantitative estimate of drug-likeness (QED) is 0.493. The van der Waals surface area contributed by atoms with Gasteiger partial charge in [0.05, 0.1) is 22.6 Å². The number of hydrogen-bond acceptors (Lipinski definition) is 5. The summed E-state index contributed by atoms with van der Waals surface area (Å²) in [7, 11) is 0. The topological polar surface area (TPSA) is 88.9 Å². The zero-order valence-corrected chi connectivity index (χ0v) is 18.8. The Morgan fingerprint density at radius 2 is 1.97 bits per heavy atom. The van der Waals surface area contributed by atoms with Crippen LogP contribution < -0.4 is 10.6 Å². The number of Topliss-reactive ketones (excluding diaryl/α,β-unsaturated/α-hetero) is 1. The molecule has 31 heavy (non-hydrogen) atoms. The lowest BCUT2D eigenvalue weighted by Gasteiger charge is -2.05. The van der Waals surface area contributed by atoms with Crippen LogP contribution in [0.3, 0.4) is 0 Å². The fraction of sp³-hybridized carbons (Fsp3) is 0.391. The van der Waals surface area contributed by atoms with Crippen molar-refractivity contribution >= 4 is 28.3 Å². The fourth-order valence-corrected chi connectivity index (χ4v) is 4.29. The Kier molecular flexibility index (Phi) is 6.18. The van der Waals surface area contributed by atoms with Crippen molar-refractivity contribution in [3.8, 4) is 10.4 Å². The van der Waals surface area contributed by atoms with Gasteiger partial charge in [-0.15, -0.1) is 0 Å². The van der Waals surface area contributed by atoms with Gasteiger partial charge in [0.25, 0.3) is 0 Å². The maximum Gasteiger partial charge on any atom is 0.321 e. The third-order valence-electron chi connectivity index (χ3n) is 5.31. The van der Waals surface area contributed by atoms with Gasteiger partial charge in [-0.1, -0.05) is 35.6 Å². The van der Waals surface area contributed by atoms with Gasteiger partial charge < -0.3 is 9.88 Å². The first kappa shape index (κ1) is 21.2. The number of carbonyl (C=O) groups excluding carboxylic acids is 2. The van der Waals surface area contributed by atoms with Crippen molar-refractivity contribution in [3.05, 3.63) is 53.7 Å². The van der Waals surface area contributed by atoms with Crippen LogP contribution in [0.1, 0.15) is 54.5 Å². The third kappa shape index (κ3) is 5.19. The van der Waals surface area contributed by atoms with E-state index in [9.17, 15) is 9.59 Å². The summed E-state index contributed by atoms with van der Waals surface area (Å²) in [6.45, 7) is 6.62. The number of thiazole rings is 1. The van der Waals surface area contributed by atoms with E-state index < -0.39 is 0 Å². The summed E-state index contributed by atoms with van der Waals surface area (Å²) in [5, 5.41) is 6.21. The Morgan fingerprint density at radius 3 is 2.61 bits per heavy atom. The average molecular weight is 438 g/mol. The second kappa shape index (κ2) is 9.01. The molecule has 0 bridgehead atoms. The standard InChI is InChI=1S/C23H27N5O2S/c1-14(2)28-12-19(25-13-28)10-11-24-22(30)27-23-26-15(3)21(31-23)18-8-6-17(7-9-18)20(29)16-4-5-16/h6-9,12-14,16H,4-5,10-11H2,1-3H3,(H2,24,26,27,30). The van der Waals surface area contributed by atoms with E-state index >= 15 is 0 Å². The lowest BCUT2D eigenvalue weighted by molar-refractivity contribution is 0.0967. The molecule has 3 aromatic rings. The summed E-state index contributed by atoms with van der Waals surface area (Å²) in [5.41, 5.74) is 3.56. The van der Waals surface area contributed by atoms with Crippen LogP contribution in [0.4, 0.5) is 9.93 Å². The minimum atomic E-state index is -0.283. The van der Waals surface area contributed by atoms with E-state index in [0.29, 0.717) is 24.1 Å². The highest BCUT2D eigenvalue weighted by Crippen LogP contribution is 2.35. The molecule has 8 heteroatoms. The molecule has 7 nitrogen and oxygen atoms in total. The van der Waals surface area contributed by atoms with Gasteiger partial charge in [0.15, 0.2) is 10.9 Å². The summed E-state index contributed by atoms with van der Waals surface area (Å²) in [6, 6.07) is 7.76. The molecule has 0 atom stereocenters. The minimum absolute atomic E-state index is 0.219. The molecule has 2 N–H and O–H groups in total. The molecule has 0 unspecified atom stereocenters. The molecular formula is C23H27N5O2S. The van der Waals surface area contributed by atoms with Crippen molar-refractivity contribution in [2.24, 2.45) is 5.92 Å². The van der Waals surface area contributed by atoms with E-state index in [4.69, 9.17) is 0 Å². The first-order chi connectivity index (χ1) is 14.9. The second-order valence-corrected chi connectivity index (χ2v) is 9.19. The molecule has 0 aliphatic heterocycles. The highest BCUT2D eigenvalue weighted by Gasteiger charge is 2.30. The van der Waals surface area contributed by atoms with Crippen LogP contribution in [-0.2, 0) is 6.42 Å². The van der Waals surface area contributed by atoms with Crippen LogP contribution >= 0.6 is 11.3 Å². The van der Waals surface area contributed by atoms with Gasteiger partial charge in [-0.05, 0) is 39.2 Å². The number of benzene rings is 1. The molecule has 1 saturated carbocycles. The van der Waals surface area contributed by atoms with Crippen molar-refractivity contribution < 1.29 is 9.59 Å². The normalized spacial score (nSPS) is 13.4. The van der Waals surface area contributed by atoms with Gasteiger partial charge in [0.2, 0.25) is 0 Å². The summed E-state index contributed by atoms with van der Waals surface area (Å²) in [6.07, 6.45) is 6.50. The molecule has 2 amide bonds. The molecule has 0 radical (unpaired) electrons. The van der Waals surface area contributed by atoms with Crippen LogP contribution in [0.25, 0.3) is 10.4 Å². The molecule has 1 aliphatic carbocycles. The Hall–Kier alpha value is -3.00. The van der Waals surface area contributed by atoms with Gasteiger partial charge >= 0.3 is 6.03 Å².